The predicted molar refractivity (Wildman–Crippen MR) is 110 cm³/mol. The number of rotatable bonds is 3. The van der Waals surface area contributed by atoms with Crippen molar-refractivity contribution in [2.75, 3.05) is 5.32 Å². The third-order valence-electron chi connectivity index (χ3n) is 5.29. The van der Waals surface area contributed by atoms with Gasteiger partial charge in [-0.25, -0.2) is 0 Å². The monoisotopic (exact) mass is 349 g/mol. The zero-order valence-electron chi connectivity index (χ0n) is 14.8. The fraction of sp³-hybridized carbons (Fsp3) is 0.0400. The highest BCUT2D eigenvalue weighted by molar-refractivity contribution is 5.84. The van der Waals surface area contributed by atoms with Crippen LogP contribution in [0.25, 0.3) is 11.1 Å². The third kappa shape index (κ3) is 2.38. The maximum atomic E-state index is 12.1. The summed E-state index contributed by atoms with van der Waals surface area (Å²) in [5, 5.41) is 15.6. The van der Waals surface area contributed by atoms with E-state index in [2.05, 4.69) is 17.4 Å². The molecule has 4 aromatic rings. The van der Waals surface area contributed by atoms with Crippen molar-refractivity contribution in [3.63, 3.8) is 0 Å². The number of nitrogens with one attached hydrogen (secondary N) is 1. The van der Waals surface area contributed by atoms with Crippen LogP contribution in [0.2, 0.25) is 0 Å². The van der Waals surface area contributed by atoms with E-state index in [0.29, 0.717) is 0 Å². The predicted octanol–water partition coefficient (Wildman–Crippen LogP) is 5.69. The Balaban J connectivity index is 1.74. The van der Waals surface area contributed by atoms with Gasteiger partial charge in [0.25, 0.3) is 0 Å². The van der Waals surface area contributed by atoms with Crippen LogP contribution in [-0.2, 0) is 5.60 Å². The van der Waals surface area contributed by atoms with Crippen LogP contribution in [-0.4, -0.2) is 5.11 Å². The second-order valence-corrected chi connectivity index (χ2v) is 6.84. The zero-order chi connectivity index (χ0) is 18.3. The summed E-state index contributed by atoms with van der Waals surface area (Å²) < 4.78 is 0. The molecule has 27 heavy (non-hydrogen) atoms. The van der Waals surface area contributed by atoms with Gasteiger partial charge in [0.1, 0.15) is 5.60 Å². The van der Waals surface area contributed by atoms with Gasteiger partial charge >= 0.3 is 0 Å². The van der Waals surface area contributed by atoms with Gasteiger partial charge < -0.3 is 10.4 Å². The van der Waals surface area contributed by atoms with Gasteiger partial charge in [-0.15, -0.1) is 0 Å². The summed E-state index contributed by atoms with van der Waals surface area (Å²) in [7, 11) is 0. The summed E-state index contributed by atoms with van der Waals surface area (Å²) in [5.74, 6) is 0. The second kappa shape index (κ2) is 6.11. The fourth-order valence-electron chi connectivity index (χ4n) is 4.09. The van der Waals surface area contributed by atoms with Crippen LogP contribution in [0.15, 0.2) is 103 Å². The van der Waals surface area contributed by atoms with Gasteiger partial charge in [0.2, 0.25) is 0 Å². The molecule has 0 atom stereocenters. The van der Waals surface area contributed by atoms with Crippen LogP contribution in [0, 0.1) is 0 Å². The maximum Gasteiger partial charge on any atom is 0.143 e. The van der Waals surface area contributed by atoms with E-state index in [9.17, 15) is 5.11 Å². The first-order chi connectivity index (χ1) is 13.3. The lowest BCUT2D eigenvalue weighted by Crippen LogP contribution is -2.27. The lowest BCUT2D eigenvalue weighted by Gasteiger charge is -2.29. The molecular formula is C25H19NO. The van der Waals surface area contributed by atoms with E-state index in [4.69, 9.17) is 0 Å². The number of benzene rings is 4. The van der Waals surface area contributed by atoms with Crippen molar-refractivity contribution >= 4 is 11.4 Å². The first-order valence-corrected chi connectivity index (χ1v) is 9.12. The minimum atomic E-state index is -1.19. The summed E-state index contributed by atoms with van der Waals surface area (Å²) in [4.78, 5) is 0. The Morgan fingerprint density at radius 3 is 1.63 bits per heavy atom. The molecule has 1 aliphatic rings. The smallest absolute Gasteiger partial charge is 0.143 e. The van der Waals surface area contributed by atoms with Crippen molar-refractivity contribution in [3.05, 3.63) is 120 Å². The standard InChI is InChI=1S/C25H19NO/c27-25(21-14-6-4-12-19(21)20-13-5-7-15-22(20)25)23-16-8-9-17-24(23)26-18-10-2-1-3-11-18/h1-17,26-27H. The Kier molecular flexibility index (Phi) is 3.59. The minimum Gasteiger partial charge on any atom is -0.376 e. The molecule has 0 fully saturated rings. The average Bonchev–Trinajstić information content (AvgIpc) is 3.00. The number of fused-ring (bicyclic) bond motifs is 3. The number of para-hydroxylation sites is 2. The lowest BCUT2D eigenvalue weighted by molar-refractivity contribution is 0.131. The molecule has 0 amide bonds. The SMILES string of the molecule is OC1(c2ccccc2Nc2ccccc2)c2ccccc2-c2ccccc21. The van der Waals surface area contributed by atoms with Gasteiger partial charge in [-0.05, 0) is 29.3 Å². The molecule has 0 heterocycles. The van der Waals surface area contributed by atoms with E-state index in [-0.39, 0.29) is 0 Å². The normalized spacial score (nSPS) is 13.7. The lowest BCUT2D eigenvalue weighted by atomic mass is 9.83. The first-order valence-electron chi connectivity index (χ1n) is 9.12. The fourth-order valence-corrected chi connectivity index (χ4v) is 4.09. The minimum absolute atomic E-state index is 0.853. The van der Waals surface area contributed by atoms with Gasteiger partial charge in [-0.3, -0.25) is 0 Å². The molecule has 2 nitrogen and oxygen atoms in total. The molecule has 2 N–H and O–H groups in total. The van der Waals surface area contributed by atoms with E-state index >= 15 is 0 Å². The van der Waals surface area contributed by atoms with Crippen LogP contribution >= 0.6 is 0 Å². The molecule has 1 aliphatic carbocycles. The molecule has 0 saturated carbocycles. The van der Waals surface area contributed by atoms with Gasteiger partial charge in [0, 0.05) is 28.1 Å². The van der Waals surface area contributed by atoms with Crippen molar-refractivity contribution in [2.24, 2.45) is 0 Å². The highest BCUT2D eigenvalue weighted by Crippen LogP contribution is 2.52. The number of hydrogen-bond acceptors (Lipinski definition) is 2. The Morgan fingerprint density at radius 1 is 0.519 bits per heavy atom. The highest BCUT2D eigenvalue weighted by atomic mass is 16.3. The van der Waals surface area contributed by atoms with Crippen molar-refractivity contribution < 1.29 is 5.11 Å². The third-order valence-corrected chi connectivity index (χ3v) is 5.29. The van der Waals surface area contributed by atoms with Crippen LogP contribution in [0.3, 0.4) is 0 Å². The molecule has 5 rings (SSSR count). The molecule has 0 saturated heterocycles. The van der Waals surface area contributed by atoms with Crippen LogP contribution < -0.4 is 5.32 Å². The summed E-state index contributed by atoms with van der Waals surface area (Å²) in [6.07, 6.45) is 0. The molecule has 130 valence electrons. The van der Waals surface area contributed by atoms with Gasteiger partial charge in [-0.1, -0.05) is 84.9 Å². The zero-order valence-corrected chi connectivity index (χ0v) is 14.8. The van der Waals surface area contributed by atoms with Crippen molar-refractivity contribution in [1.29, 1.82) is 0 Å². The quantitative estimate of drug-likeness (QED) is 0.498. The summed E-state index contributed by atoms with van der Waals surface area (Å²) in [6, 6.07) is 34.3. The van der Waals surface area contributed by atoms with E-state index in [1.54, 1.807) is 0 Å². The average molecular weight is 349 g/mol. The van der Waals surface area contributed by atoms with Gasteiger partial charge in [-0.2, -0.15) is 0 Å². The Hall–Kier alpha value is -3.36. The van der Waals surface area contributed by atoms with Crippen molar-refractivity contribution in [3.8, 4) is 11.1 Å². The summed E-state index contributed by atoms with van der Waals surface area (Å²) in [5.41, 5.74) is 5.58. The second-order valence-electron chi connectivity index (χ2n) is 6.84. The molecule has 0 aromatic heterocycles. The maximum absolute atomic E-state index is 12.1. The topological polar surface area (TPSA) is 32.3 Å². The molecule has 0 aliphatic heterocycles. The largest absolute Gasteiger partial charge is 0.376 e. The molecular weight excluding hydrogens is 330 g/mol. The molecule has 4 aromatic carbocycles. The Labute approximate surface area is 158 Å². The van der Waals surface area contributed by atoms with Crippen molar-refractivity contribution in [2.45, 2.75) is 5.60 Å². The summed E-state index contributed by atoms with van der Waals surface area (Å²) in [6.45, 7) is 0. The Morgan fingerprint density at radius 2 is 1.00 bits per heavy atom. The Bertz CT molecular complexity index is 1070. The van der Waals surface area contributed by atoms with E-state index < -0.39 is 5.60 Å². The molecule has 0 spiro atoms. The molecule has 0 bridgehead atoms. The van der Waals surface area contributed by atoms with Crippen molar-refractivity contribution in [1.82, 2.24) is 0 Å². The van der Waals surface area contributed by atoms with E-state index in [0.717, 1.165) is 39.2 Å². The van der Waals surface area contributed by atoms with E-state index in [1.807, 2.05) is 91.0 Å². The van der Waals surface area contributed by atoms with Gasteiger partial charge in [0.15, 0.2) is 0 Å². The van der Waals surface area contributed by atoms with E-state index in [1.165, 1.54) is 0 Å². The first kappa shape index (κ1) is 15.9. The molecule has 2 heteroatoms. The van der Waals surface area contributed by atoms with Crippen LogP contribution in [0.4, 0.5) is 11.4 Å². The number of hydrogen-bond donors (Lipinski definition) is 2. The van der Waals surface area contributed by atoms with Gasteiger partial charge in [0.05, 0.1) is 0 Å². The van der Waals surface area contributed by atoms with Crippen LogP contribution in [0.5, 0.6) is 0 Å². The molecule has 0 radical (unpaired) electrons. The number of anilines is 2. The summed E-state index contributed by atoms with van der Waals surface area (Å²) >= 11 is 0. The molecule has 0 unspecified atom stereocenters. The highest BCUT2D eigenvalue weighted by Gasteiger charge is 2.44. The number of aliphatic hydroxyl groups is 1. The van der Waals surface area contributed by atoms with Crippen LogP contribution in [0.1, 0.15) is 16.7 Å².